The van der Waals surface area contributed by atoms with Crippen LogP contribution in [0.5, 0.6) is 0 Å². The number of imidazole rings is 1. The number of aromatic nitrogens is 2. The predicted octanol–water partition coefficient (Wildman–Crippen LogP) is 0.832. The van der Waals surface area contributed by atoms with E-state index in [1.54, 1.807) is 23.9 Å². The van der Waals surface area contributed by atoms with Crippen LogP contribution in [-0.4, -0.2) is 33.8 Å². The Bertz CT molecular complexity index is 309. The fraction of sp³-hybridized carbons (Fsp3) is 0.600. The van der Waals surface area contributed by atoms with Gasteiger partial charge in [-0.15, -0.1) is 0 Å². The monoisotopic (exact) mass is 212 g/mol. The summed E-state index contributed by atoms with van der Waals surface area (Å²) in [6.45, 7) is 2.96. The average Bonchev–Trinajstić information content (AvgIpc) is 2.67. The molecule has 84 valence electrons. The third-order valence-corrected chi connectivity index (χ3v) is 1.98. The third-order valence-electron chi connectivity index (χ3n) is 1.98. The summed E-state index contributed by atoms with van der Waals surface area (Å²) in [5.41, 5.74) is 0. The zero-order chi connectivity index (χ0) is 11.1. The van der Waals surface area contributed by atoms with Gasteiger partial charge in [-0.2, -0.15) is 0 Å². The van der Waals surface area contributed by atoms with Crippen molar-refractivity contribution < 1.29 is 14.6 Å². The molecule has 0 amide bonds. The van der Waals surface area contributed by atoms with Crippen LogP contribution in [0.1, 0.15) is 30.4 Å². The normalized spacial score (nSPS) is 10.3. The molecule has 0 atom stereocenters. The first-order valence-corrected chi connectivity index (χ1v) is 5.08. The minimum absolute atomic E-state index is 0.170. The smallest absolute Gasteiger partial charge is 0.374 e. The van der Waals surface area contributed by atoms with E-state index in [9.17, 15) is 4.79 Å². The van der Waals surface area contributed by atoms with Crippen LogP contribution in [0.25, 0.3) is 0 Å². The van der Waals surface area contributed by atoms with E-state index in [0.717, 1.165) is 12.8 Å². The van der Waals surface area contributed by atoms with Crippen LogP contribution in [-0.2, 0) is 11.3 Å². The molecule has 0 aliphatic heterocycles. The van der Waals surface area contributed by atoms with Crippen molar-refractivity contribution in [2.75, 3.05) is 13.2 Å². The molecule has 1 rings (SSSR count). The lowest BCUT2D eigenvalue weighted by atomic mass is 10.3. The average molecular weight is 212 g/mol. The predicted molar refractivity (Wildman–Crippen MR) is 54.5 cm³/mol. The molecule has 0 radical (unpaired) electrons. The number of hydrogen-bond donors (Lipinski definition) is 1. The van der Waals surface area contributed by atoms with E-state index in [1.807, 2.05) is 0 Å². The van der Waals surface area contributed by atoms with E-state index < -0.39 is 5.97 Å². The van der Waals surface area contributed by atoms with E-state index in [4.69, 9.17) is 9.84 Å². The number of ether oxygens (including phenoxy) is 1. The van der Waals surface area contributed by atoms with E-state index in [1.165, 1.54) is 0 Å². The zero-order valence-electron chi connectivity index (χ0n) is 8.85. The summed E-state index contributed by atoms with van der Waals surface area (Å²) in [6, 6.07) is 0. The van der Waals surface area contributed by atoms with E-state index >= 15 is 0 Å². The Kier molecular flexibility index (Phi) is 4.83. The van der Waals surface area contributed by atoms with Crippen molar-refractivity contribution in [3.8, 4) is 0 Å². The summed E-state index contributed by atoms with van der Waals surface area (Å²) in [4.78, 5) is 15.3. The van der Waals surface area contributed by atoms with Gasteiger partial charge in [0, 0.05) is 25.5 Å². The molecule has 0 aliphatic carbocycles. The molecule has 0 fully saturated rings. The molecular formula is C10H16N2O3. The first-order chi connectivity index (χ1) is 7.29. The largest absolute Gasteiger partial charge is 0.460 e. The van der Waals surface area contributed by atoms with Gasteiger partial charge in [0.15, 0.2) is 0 Å². The molecule has 0 spiro atoms. The van der Waals surface area contributed by atoms with Crippen LogP contribution in [0.3, 0.4) is 0 Å². The van der Waals surface area contributed by atoms with Crippen LogP contribution in [0.4, 0.5) is 0 Å². The van der Waals surface area contributed by atoms with Gasteiger partial charge in [0.1, 0.15) is 0 Å². The molecule has 0 saturated heterocycles. The zero-order valence-corrected chi connectivity index (χ0v) is 8.85. The Morgan fingerprint density at radius 1 is 1.60 bits per heavy atom. The molecule has 5 heteroatoms. The minimum Gasteiger partial charge on any atom is -0.460 e. The van der Waals surface area contributed by atoms with E-state index in [2.05, 4.69) is 4.98 Å². The van der Waals surface area contributed by atoms with Crippen molar-refractivity contribution in [1.82, 2.24) is 9.55 Å². The molecule has 0 aromatic carbocycles. The van der Waals surface area contributed by atoms with Gasteiger partial charge in [-0.05, 0) is 19.8 Å². The molecule has 5 nitrogen and oxygen atoms in total. The van der Waals surface area contributed by atoms with Gasteiger partial charge in [0.25, 0.3) is 0 Å². The molecule has 1 aromatic rings. The topological polar surface area (TPSA) is 64.3 Å². The number of hydrogen-bond acceptors (Lipinski definition) is 4. The lowest BCUT2D eigenvalue weighted by molar-refractivity contribution is 0.0506. The maximum atomic E-state index is 11.4. The first kappa shape index (κ1) is 11.7. The molecule has 15 heavy (non-hydrogen) atoms. The maximum Gasteiger partial charge on any atom is 0.374 e. The summed E-state index contributed by atoms with van der Waals surface area (Å²) in [5.74, 6) is -0.0683. The van der Waals surface area contributed by atoms with Crippen LogP contribution < -0.4 is 0 Å². The van der Waals surface area contributed by atoms with Crippen molar-refractivity contribution in [1.29, 1.82) is 0 Å². The van der Waals surface area contributed by atoms with Crippen LogP contribution in [0.2, 0.25) is 0 Å². The van der Waals surface area contributed by atoms with Gasteiger partial charge >= 0.3 is 5.97 Å². The summed E-state index contributed by atoms with van der Waals surface area (Å²) in [7, 11) is 0. The van der Waals surface area contributed by atoms with Crippen molar-refractivity contribution in [3.05, 3.63) is 18.2 Å². The second kappa shape index (κ2) is 6.19. The summed E-state index contributed by atoms with van der Waals surface area (Å²) < 4.78 is 6.61. The fourth-order valence-electron chi connectivity index (χ4n) is 1.27. The SMILES string of the molecule is CCOC(=O)c1nccn1CCCCO. The van der Waals surface area contributed by atoms with E-state index in [-0.39, 0.29) is 6.61 Å². The van der Waals surface area contributed by atoms with Crippen molar-refractivity contribution in [3.63, 3.8) is 0 Å². The summed E-state index contributed by atoms with van der Waals surface area (Å²) >= 11 is 0. The number of rotatable bonds is 6. The number of unbranched alkanes of at least 4 members (excludes halogenated alkanes) is 1. The molecular weight excluding hydrogens is 196 g/mol. The number of aryl methyl sites for hydroxylation is 1. The molecule has 1 heterocycles. The van der Waals surface area contributed by atoms with E-state index in [0.29, 0.717) is 19.0 Å². The number of esters is 1. The Balaban J connectivity index is 2.56. The van der Waals surface area contributed by atoms with Gasteiger partial charge in [-0.3, -0.25) is 0 Å². The van der Waals surface area contributed by atoms with Crippen molar-refractivity contribution >= 4 is 5.97 Å². The Labute approximate surface area is 88.7 Å². The Morgan fingerprint density at radius 2 is 2.40 bits per heavy atom. The first-order valence-electron chi connectivity index (χ1n) is 5.08. The lowest BCUT2D eigenvalue weighted by Gasteiger charge is -2.06. The van der Waals surface area contributed by atoms with Gasteiger partial charge < -0.3 is 14.4 Å². The molecule has 0 saturated carbocycles. The lowest BCUT2D eigenvalue weighted by Crippen LogP contribution is -2.13. The summed E-state index contributed by atoms with van der Waals surface area (Å²) in [5, 5.41) is 8.64. The number of carbonyl (C=O) groups excluding carboxylic acids is 1. The highest BCUT2D eigenvalue weighted by atomic mass is 16.5. The van der Waals surface area contributed by atoms with Crippen molar-refractivity contribution in [2.24, 2.45) is 0 Å². The van der Waals surface area contributed by atoms with Crippen molar-refractivity contribution in [2.45, 2.75) is 26.3 Å². The van der Waals surface area contributed by atoms with Crippen LogP contribution >= 0.6 is 0 Å². The van der Waals surface area contributed by atoms with Gasteiger partial charge in [0.2, 0.25) is 5.82 Å². The highest BCUT2D eigenvalue weighted by Gasteiger charge is 2.12. The van der Waals surface area contributed by atoms with Gasteiger partial charge in [-0.25, -0.2) is 9.78 Å². The quantitative estimate of drug-likeness (QED) is 0.560. The molecule has 1 N–H and O–H groups in total. The number of aliphatic hydroxyl groups is 1. The molecule has 1 aromatic heterocycles. The molecule has 0 bridgehead atoms. The number of nitrogens with zero attached hydrogens (tertiary/aromatic N) is 2. The standard InChI is InChI=1S/C10H16N2O3/c1-2-15-10(14)9-11-5-7-12(9)6-3-4-8-13/h5,7,13H,2-4,6,8H2,1H3. The Hall–Kier alpha value is -1.36. The number of carbonyl (C=O) groups is 1. The van der Waals surface area contributed by atoms with Gasteiger partial charge in [0.05, 0.1) is 6.61 Å². The maximum absolute atomic E-state index is 11.4. The minimum atomic E-state index is -0.397. The highest BCUT2D eigenvalue weighted by molar-refractivity contribution is 5.85. The fourth-order valence-corrected chi connectivity index (χ4v) is 1.27. The Morgan fingerprint density at radius 3 is 3.07 bits per heavy atom. The van der Waals surface area contributed by atoms with Gasteiger partial charge in [-0.1, -0.05) is 0 Å². The second-order valence-electron chi connectivity index (χ2n) is 3.10. The second-order valence-corrected chi connectivity index (χ2v) is 3.10. The third kappa shape index (κ3) is 3.36. The van der Waals surface area contributed by atoms with Crippen LogP contribution in [0, 0.1) is 0 Å². The summed E-state index contributed by atoms with van der Waals surface area (Å²) in [6.07, 6.45) is 4.86. The highest BCUT2D eigenvalue weighted by Crippen LogP contribution is 2.03. The number of aliphatic hydroxyl groups excluding tert-OH is 1. The van der Waals surface area contributed by atoms with Crippen LogP contribution in [0.15, 0.2) is 12.4 Å². The molecule has 0 unspecified atom stereocenters. The molecule has 0 aliphatic rings.